The molecule has 0 heterocycles. The minimum absolute atomic E-state index is 0.0928. The first kappa shape index (κ1) is 23.3. The van der Waals surface area contributed by atoms with Crippen molar-refractivity contribution in [2.45, 2.75) is 38.3 Å². The lowest BCUT2D eigenvalue weighted by atomic mass is 9.89. The van der Waals surface area contributed by atoms with Crippen molar-refractivity contribution in [3.05, 3.63) is 93.1 Å². The fourth-order valence-electron chi connectivity index (χ4n) is 4.71. The van der Waals surface area contributed by atoms with E-state index in [0.717, 1.165) is 25.8 Å². The lowest BCUT2D eigenvalue weighted by Gasteiger charge is -2.40. The van der Waals surface area contributed by atoms with Gasteiger partial charge in [0.1, 0.15) is 6.61 Å². The minimum atomic E-state index is -1.57. The van der Waals surface area contributed by atoms with Crippen LogP contribution in [0.25, 0.3) is 11.1 Å². The Morgan fingerprint density at radius 2 is 1.48 bits per heavy atom. The Balaban J connectivity index is 1.64. The number of halogens is 1. The van der Waals surface area contributed by atoms with Crippen molar-refractivity contribution >= 4 is 34.7 Å². The molecule has 6 heteroatoms. The molecule has 0 spiro atoms. The number of amides is 1. The van der Waals surface area contributed by atoms with Crippen molar-refractivity contribution in [3.8, 4) is 11.1 Å². The standard InChI is InChI=1S/C27H26INO4/c1-17(2)29(27(3,25(30)31)18-12-14-19(28)15-13-18)26(32)33-16-24-22-10-6-4-8-20(22)21-9-5-7-11-23(21)24/h4-15,17,24H,16H2,1-3H3,(H,30,31). The van der Waals surface area contributed by atoms with Crippen molar-refractivity contribution < 1.29 is 19.4 Å². The number of ether oxygens (including phenoxy) is 1. The predicted molar refractivity (Wildman–Crippen MR) is 136 cm³/mol. The molecule has 1 aliphatic carbocycles. The third kappa shape index (κ3) is 4.12. The van der Waals surface area contributed by atoms with E-state index in [1.54, 1.807) is 32.9 Å². The van der Waals surface area contributed by atoms with Gasteiger partial charge in [-0.25, -0.2) is 9.59 Å². The summed E-state index contributed by atoms with van der Waals surface area (Å²) in [4.78, 5) is 27.2. The molecular formula is C27H26INO4. The summed E-state index contributed by atoms with van der Waals surface area (Å²) in [7, 11) is 0. The molecule has 3 aromatic carbocycles. The zero-order valence-electron chi connectivity index (χ0n) is 18.8. The number of rotatable bonds is 6. The third-order valence-corrected chi connectivity index (χ3v) is 7.07. The smallest absolute Gasteiger partial charge is 0.411 e. The Morgan fingerprint density at radius 1 is 0.970 bits per heavy atom. The van der Waals surface area contributed by atoms with E-state index in [1.165, 1.54) is 4.90 Å². The third-order valence-electron chi connectivity index (χ3n) is 6.35. The second-order valence-corrected chi connectivity index (χ2v) is 9.90. The summed E-state index contributed by atoms with van der Waals surface area (Å²) in [6.45, 7) is 5.29. The molecule has 0 aromatic heterocycles. The van der Waals surface area contributed by atoms with Crippen molar-refractivity contribution in [1.29, 1.82) is 0 Å². The fourth-order valence-corrected chi connectivity index (χ4v) is 5.07. The highest BCUT2D eigenvalue weighted by Crippen LogP contribution is 2.44. The van der Waals surface area contributed by atoms with Crippen LogP contribution in [-0.2, 0) is 15.1 Å². The van der Waals surface area contributed by atoms with E-state index in [4.69, 9.17) is 4.74 Å². The van der Waals surface area contributed by atoms with Gasteiger partial charge in [0.15, 0.2) is 5.54 Å². The van der Waals surface area contributed by atoms with Crippen molar-refractivity contribution in [2.75, 3.05) is 6.61 Å². The molecule has 3 aromatic rings. The molecular weight excluding hydrogens is 529 g/mol. The number of carboxylic acids is 1. The van der Waals surface area contributed by atoms with Crippen LogP contribution in [0.5, 0.6) is 0 Å². The van der Waals surface area contributed by atoms with Crippen LogP contribution >= 0.6 is 22.6 Å². The van der Waals surface area contributed by atoms with E-state index in [0.29, 0.717) is 5.56 Å². The molecule has 1 aliphatic rings. The van der Waals surface area contributed by atoms with E-state index in [-0.39, 0.29) is 18.6 Å². The van der Waals surface area contributed by atoms with Gasteiger partial charge in [-0.2, -0.15) is 0 Å². The highest BCUT2D eigenvalue weighted by atomic mass is 127. The number of hydrogen-bond acceptors (Lipinski definition) is 3. The van der Waals surface area contributed by atoms with Crippen LogP contribution < -0.4 is 0 Å². The summed E-state index contributed by atoms with van der Waals surface area (Å²) in [5, 5.41) is 10.2. The molecule has 5 nitrogen and oxygen atoms in total. The van der Waals surface area contributed by atoms with Crippen molar-refractivity contribution in [3.63, 3.8) is 0 Å². The van der Waals surface area contributed by atoms with Crippen LogP contribution in [0.15, 0.2) is 72.8 Å². The molecule has 1 unspecified atom stereocenters. The number of carbonyl (C=O) groups excluding carboxylic acids is 1. The van der Waals surface area contributed by atoms with Crippen LogP contribution in [0.4, 0.5) is 4.79 Å². The van der Waals surface area contributed by atoms with E-state index in [2.05, 4.69) is 46.9 Å². The highest BCUT2D eigenvalue weighted by molar-refractivity contribution is 14.1. The fraction of sp³-hybridized carbons (Fsp3) is 0.259. The highest BCUT2D eigenvalue weighted by Gasteiger charge is 2.46. The SMILES string of the molecule is CC(C)N(C(=O)OCC1c2ccccc2-c2ccccc21)C(C)(C(=O)O)c1ccc(I)cc1. The maximum Gasteiger partial charge on any atom is 0.411 e. The first-order valence-electron chi connectivity index (χ1n) is 10.9. The Bertz CT molecular complexity index is 1150. The van der Waals surface area contributed by atoms with Gasteiger partial charge in [0, 0.05) is 15.5 Å². The van der Waals surface area contributed by atoms with E-state index in [1.807, 2.05) is 36.4 Å². The van der Waals surface area contributed by atoms with E-state index < -0.39 is 17.6 Å². The number of fused-ring (bicyclic) bond motifs is 3. The van der Waals surface area contributed by atoms with Crippen LogP contribution in [0.1, 0.15) is 43.4 Å². The molecule has 1 N–H and O–H groups in total. The normalized spacial score (nSPS) is 14.3. The summed E-state index contributed by atoms with van der Waals surface area (Å²) in [6, 6.07) is 23.0. The molecule has 1 amide bonds. The first-order valence-corrected chi connectivity index (χ1v) is 12.0. The summed E-state index contributed by atoms with van der Waals surface area (Å²) in [5.74, 6) is -1.20. The molecule has 0 fully saturated rings. The van der Waals surface area contributed by atoms with Gasteiger partial charge in [-0.05, 0) is 83.3 Å². The predicted octanol–water partition coefficient (Wildman–Crippen LogP) is 6.25. The lowest BCUT2D eigenvalue weighted by Crippen LogP contribution is -2.56. The number of aliphatic carboxylic acids is 1. The van der Waals surface area contributed by atoms with Gasteiger partial charge in [-0.1, -0.05) is 60.7 Å². The quantitative estimate of drug-likeness (QED) is 0.366. The Labute approximate surface area is 207 Å². The molecule has 0 bridgehead atoms. The Kier molecular flexibility index (Phi) is 6.47. The van der Waals surface area contributed by atoms with Gasteiger partial charge in [0.25, 0.3) is 0 Å². The summed E-state index contributed by atoms with van der Waals surface area (Å²) in [5.41, 5.74) is 3.47. The van der Waals surface area contributed by atoms with E-state index in [9.17, 15) is 14.7 Å². The molecule has 170 valence electrons. The molecule has 4 rings (SSSR count). The second kappa shape index (κ2) is 9.17. The molecule has 1 atom stereocenters. The van der Waals surface area contributed by atoms with Gasteiger partial charge in [-0.3, -0.25) is 4.90 Å². The zero-order valence-corrected chi connectivity index (χ0v) is 20.9. The number of nitrogens with zero attached hydrogens (tertiary/aromatic N) is 1. The lowest BCUT2D eigenvalue weighted by molar-refractivity contribution is -0.151. The van der Waals surface area contributed by atoms with E-state index >= 15 is 0 Å². The summed E-state index contributed by atoms with van der Waals surface area (Å²) >= 11 is 2.17. The van der Waals surface area contributed by atoms with Gasteiger partial charge in [0.2, 0.25) is 0 Å². The van der Waals surface area contributed by atoms with Crippen LogP contribution in [0.2, 0.25) is 0 Å². The van der Waals surface area contributed by atoms with Gasteiger partial charge in [-0.15, -0.1) is 0 Å². The second-order valence-electron chi connectivity index (χ2n) is 8.65. The van der Waals surface area contributed by atoms with Gasteiger partial charge >= 0.3 is 12.1 Å². The number of benzene rings is 3. The van der Waals surface area contributed by atoms with Crippen LogP contribution in [-0.4, -0.2) is 34.7 Å². The van der Waals surface area contributed by atoms with Crippen molar-refractivity contribution in [1.82, 2.24) is 4.90 Å². The molecule has 33 heavy (non-hydrogen) atoms. The topological polar surface area (TPSA) is 66.8 Å². The molecule has 0 aliphatic heterocycles. The summed E-state index contributed by atoms with van der Waals surface area (Å²) in [6.07, 6.45) is -0.643. The van der Waals surface area contributed by atoms with Crippen LogP contribution in [0, 0.1) is 3.57 Å². The zero-order chi connectivity index (χ0) is 23.8. The monoisotopic (exact) mass is 555 g/mol. The van der Waals surface area contributed by atoms with Crippen LogP contribution in [0.3, 0.4) is 0 Å². The number of hydrogen-bond donors (Lipinski definition) is 1. The maximum atomic E-state index is 13.4. The number of carboxylic acid groups (broad SMARTS) is 1. The average Bonchev–Trinajstić information content (AvgIpc) is 3.11. The maximum absolute atomic E-state index is 13.4. The van der Waals surface area contributed by atoms with Gasteiger partial charge in [0.05, 0.1) is 0 Å². The molecule has 0 saturated heterocycles. The first-order chi connectivity index (χ1) is 15.7. The van der Waals surface area contributed by atoms with Crippen molar-refractivity contribution in [2.24, 2.45) is 0 Å². The Hall–Kier alpha value is -2.87. The molecule has 0 radical (unpaired) electrons. The molecule has 0 saturated carbocycles. The summed E-state index contributed by atoms with van der Waals surface area (Å²) < 4.78 is 6.81. The minimum Gasteiger partial charge on any atom is -0.479 e. The average molecular weight is 555 g/mol. The largest absolute Gasteiger partial charge is 0.479 e. The Morgan fingerprint density at radius 3 is 1.97 bits per heavy atom. The number of carbonyl (C=O) groups is 2. The van der Waals surface area contributed by atoms with Gasteiger partial charge < -0.3 is 9.84 Å².